The third-order valence-corrected chi connectivity index (χ3v) is 2.57. The first-order valence-electron chi connectivity index (χ1n) is 4.77. The van der Waals surface area contributed by atoms with Crippen LogP contribution in [0.15, 0.2) is 12.4 Å². The SMILES string of the molecule is Cl.Clc1cc(NCC2CCNC2)ncn1. The summed E-state index contributed by atoms with van der Waals surface area (Å²) in [6.07, 6.45) is 2.70. The van der Waals surface area contributed by atoms with Crippen LogP contribution in [0, 0.1) is 5.92 Å². The molecule has 0 saturated carbocycles. The summed E-state index contributed by atoms with van der Waals surface area (Å²) in [6.45, 7) is 3.16. The Kier molecular flexibility index (Phi) is 5.08. The first-order chi connectivity index (χ1) is 6.84. The zero-order valence-electron chi connectivity index (χ0n) is 8.24. The second kappa shape index (κ2) is 6.10. The van der Waals surface area contributed by atoms with Crippen molar-refractivity contribution in [3.63, 3.8) is 0 Å². The van der Waals surface area contributed by atoms with Gasteiger partial charge in [-0.25, -0.2) is 9.97 Å². The largest absolute Gasteiger partial charge is 0.370 e. The second-order valence-corrected chi connectivity index (χ2v) is 3.85. The lowest BCUT2D eigenvalue weighted by Crippen LogP contribution is -2.17. The van der Waals surface area contributed by atoms with Crippen LogP contribution in [0.4, 0.5) is 5.82 Å². The van der Waals surface area contributed by atoms with Crippen LogP contribution < -0.4 is 10.6 Å². The maximum atomic E-state index is 5.74. The number of rotatable bonds is 3. The summed E-state index contributed by atoms with van der Waals surface area (Å²) in [5, 5.41) is 7.05. The Balaban J connectivity index is 0.00000112. The summed E-state index contributed by atoms with van der Waals surface area (Å²) in [6, 6.07) is 1.74. The normalized spacial score (nSPS) is 19.7. The van der Waals surface area contributed by atoms with Gasteiger partial charge in [-0.3, -0.25) is 0 Å². The van der Waals surface area contributed by atoms with Crippen molar-refractivity contribution in [3.05, 3.63) is 17.5 Å². The minimum Gasteiger partial charge on any atom is -0.370 e. The molecule has 1 aliphatic heterocycles. The quantitative estimate of drug-likeness (QED) is 0.798. The van der Waals surface area contributed by atoms with E-state index in [1.165, 1.54) is 12.7 Å². The molecule has 1 atom stereocenters. The summed E-state index contributed by atoms with van der Waals surface area (Å²) in [7, 11) is 0. The highest BCUT2D eigenvalue weighted by atomic mass is 35.5. The molecule has 0 amide bonds. The van der Waals surface area contributed by atoms with Crippen LogP contribution in [0.25, 0.3) is 0 Å². The van der Waals surface area contributed by atoms with Crippen molar-refractivity contribution in [2.24, 2.45) is 5.92 Å². The topological polar surface area (TPSA) is 49.8 Å². The van der Waals surface area contributed by atoms with Gasteiger partial charge in [-0.1, -0.05) is 11.6 Å². The van der Waals surface area contributed by atoms with Crippen molar-refractivity contribution < 1.29 is 0 Å². The van der Waals surface area contributed by atoms with Crippen LogP contribution in [0.5, 0.6) is 0 Å². The van der Waals surface area contributed by atoms with E-state index in [-0.39, 0.29) is 12.4 Å². The maximum Gasteiger partial charge on any atom is 0.134 e. The predicted molar refractivity (Wildman–Crippen MR) is 63.8 cm³/mol. The van der Waals surface area contributed by atoms with E-state index in [1.54, 1.807) is 6.07 Å². The van der Waals surface area contributed by atoms with Gasteiger partial charge in [-0.05, 0) is 25.4 Å². The number of anilines is 1. The minimum atomic E-state index is 0. The third-order valence-electron chi connectivity index (χ3n) is 2.37. The monoisotopic (exact) mass is 248 g/mol. The Morgan fingerprint density at radius 2 is 2.40 bits per heavy atom. The number of nitrogens with one attached hydrogen (secondary N) is 2. The van der Waals surface area contributed by atoms with Gasteiger partial charge in [0.25, 0.3) is 0 Å². The van der Waals surface area contributed by atoms with E-state index in [1.807, 2.05) is 0 Å². The molecule has 4 nitrogen and oxygen atoms in total. The highest BCUT2D eigenvalue weighted by molar-refractivity contribution is 6.29. The van der Waals surface area contributed by atoms with Crippen molar-refractivity contribution in [2.75, 3.05) is 25.0 Å². The first kappa shape index (κ1) is 12.5. The molecule has 0 aliphatic carbocycles. The van der Waals surface area contributed by atoms with Crippen molar-refractivity contribution in [2.45, 2.75) is 6.42 Å². The standard InChI is InChI=1S/C9H13ClN4.ClH/c10-8-3-9(14-6-13-8)12-5-7-1-2-11-4-7;/h3,6-7,11H,1-2,4-5H2,(H,12,13,14);1H. The molecule has 0 spiro atoms. The van der Waals surface area contributed by atoms with Gasteiger partial charge in [0.15, 0.2) is 0 Å². The highest BCUT2D eigenvalue weighted by Crippen LogP contribution is 2.11. The lowest BCUT2D eigenvalue weighted by Gasteiger charge is -2.09. The zero-order chi connectivity index (χ0) is 9.80. The molecule has 0 radical (unpaired) electrons. The highest BCUT2D eigenvalue weighted by Gasteiger charge is 2.13. The molecule has 1 aromatic heterocycles. The Labute approximate surface area is 100 Å². The number of aromatic nitrogens is 2. The average molecular weight is 249 g/mol. The molecule has 15 heavy (non-hydrogen) atoms. The Hall–Kier alpha value is -0.580. The van der Waals surface area contributed by atoms with Crippen molar-refractivity contribution in [3.8, 4) is 0 Å². The molecule has 1 aromatic rings. The van der Waals surface area contributed by atoms with Crippen molar-refractivity contribution in [1.82, 2.24) is 15.3 Å². The summed E-state index contributed by atoms with van der Waals surface area (Å²) in [5.41, 5.74) is 0. The Morgan fingerprint density at radius 3 is 3.07 bits per heavy atom. The van der Waals surface area contributed by atoms with Crippen LogP contribution in [0.2, 0.25) is 5.15 Å². The van der Waals surface area contributed by atoms with Gasteiger partial charge in [0.2, 0.25) is 0 Å². The number of hydrogen-bond donors (Lipinski definition) is 2. The summed E-state index contributed by atoms with van der Waals surface area (Å²) >= 11 is 5.74. The summed E-state index contributed by atoms with van der Waals surface area (Å²) in [5.74, 6) is 1.50. The lowest BCUT2D eigenvalue weighted by molar-refractivity contribution is 0.614. The lowest BCUT2D eigenvalue weighted by atomic mass is 10.1. The number of nitrogens with zero attached hydrogens (tertiary/aromatic N) is 2. The second-order valence-electron chi connectivity index (χ2n) is 3.47. The maximum absolute atomic E-state index is 5.74. The predicted octanol–water partition coefficient (Wildman–Crippen LogP) is 1.57. The van der Waals surface area contributed by atoms with Gasteiger partial charge in [0, 0.05) is 12.6 Å². The minimum absolute atomic E-state index is 0. The van der Waals surface area contributed by atoms with Gasteiger partial charge < -0.3 is 10.6 Å². The van der Waals surface area contributed by atoms with Crippen LogP contribution in [0.3, 0.4) is 0 Å². The fourth-order valence-electron chi connectivity index (χ4n) is 1.57. The Bertz CT molecular complexity index is 302. The molecular formula is C9H14Cl2N4. The number of halogens is 2. The molecule has 1 saturated heterocycles. The van der Waals surface area contributed by atoms with Gasteiger partial charge in [-0.15, -0.1) is 12.4 Å². The smallest absolute Gasteiger partial charge is 0.134 e. The third kappa shape index (κ3) is 3.81. The van der Waals surface area contributed by atoms with Crippen LogP contribution in [-0.2, 0) is 0 Å². The zero-order valence-corrected chi connectivity index (χ0v) is 9.81. The molecule has 2 rings (SSSR count). The van der Waals surface area contributed by atoms with E-state index in [0.29, 0.717) is 11.1 Å². The van der Waals surface area contributed by atoms with E-state index < -0.39 is 0 Å². The van der Waals surface area contributed by atoms with Crippen LogP contribution >= 0.6 is 24.0 Å². The molecule has 1 fully saturated rings. The molecule has 1 aliphatic rings. The number of hydrogen-bond acceptors (Lipinski definition) is 4. The molecule has 0 aromatic carbocycles. The molecule has 0 bridgehead atoms. The molecular weight excluding hydrogens is 235 g/mol. The van der Waals surface area contributed by atoms with Gasteiger partial charge in [0.05, 0.1) is 0 Å². The summed E-state index contributed by atoms with van der Waals surface area (Å²) < 4.78 is 0. The summed E-state index contributed by atoms with van der Waals surface area (Å²) in [4.78, 5) is 7.90. The molecule has 6 heteroatoms. The van der Waals surface area contributed by atoms with Crippen LogP contribution in [-0.4, -0.2) is 29.6 Å². The van der Waals surface area contributed by atoms with Gasteiger partial charge in [-0.2, -0.15) is 0 Å². The fraction of sp³-hybridized carbons (Fsp3) is 0.556. The van der Waals surface area contributed by atoms with Gasteiger partial charge >= 0.3 is 0 Å². The Morgan fingerprint density at radius 1 is 1.53 bits per heavy atom. The fourth-order valence-corrected chi connectivity index (χ4v) is 1.71. The van der Waals surface area contributed by atoms with Crippen molar-refractivity contribution >= 4 is 29.8 Å². The van der Waals surface area contributed by atoms with Crippen LogP contribution in [0.1, 0.15) is 6.42 Å². The van der Waals surface area contributed by atoms with Gasteiger partial charge in [0.1, 0.15) is 17.3 Å². The van der Waals surface area contributed by atoms with E-state index in [0.717, 1.165) is 25.5 Å². The van der Waals surface area contributed by atoms with E-state index in [9.17, 15) is 0 Å². The van der Waals surface area contributed by atoms with Crippen molar-refractivity contribution in [1.29, 1.82) is 0 Å². The molecule has 2 N–H and O–H groups in total. The molecule has 2 heterocycles. The average Bonchev–Trinajstić information content (AvgIpc) is 2.67. The molecule has 84 valence electrons. The first-order valence-corrected chi connectivity index (χ1v) is 5.14. The van der Waals surface area contributed by atoms with E-state index >= 15 is 0 Å². The molecule has 1 unspecified atom stereocenters. The van der Waals surface area contributed by atoms with E-state index in [4.69, 9.17) is 11.6 Å². The van der Waals surface area contributed by atoms with E-state index in [2.05, 4.69) is 20.6 Å².